The van der Waals surface area contributed by atoms with Gasteiger partial charge in [0, 0.05) is 24.7 Å². The molecule has 0 spiro atoms. The second kappa shape index (κ2) is 5.84. The molecule has 1 aliphatic heterocycles. The number of rotatable bonds is 2. The Labute approximate surface area is 113 Å². The van der Waals surface area contributed by atoms with Gasteiger partial charge in [-0.2, -0.15) is 0 Å². The molecule has 5 nitrogen and oxygen atoms in total. The topological polar surface area (TPSA) is 59.4 Å². The van der Waals surface area contributed by atoms with Crippen molar-refractivity contribution in [2.45, 2.75) is 12.5 Å². The minimum atomic E-state index is -0.223. The number of carbonyl (C=O) groups is 1. The summed E-state index contributed by atoms with van der Waals surface area (Å²) in [6.07, 6.45) is 1.02. The Balaban J connectivity index is 1.90. The Bertz CT molecular complexity index is 458. The molecule has 0 saturated carbocycles. The maximum Gasteiger partial charge on any atom is 0.257 e. The summed E-state index contributed by atoms with van der Waals surface area (Å²) in [7, 11) is 4.08. The number of hydrogen-bond donors (Lipinski definition) is 2. The molecule has 19 heavy (non-hydrogen) atoms. The van der Waals surface area contributed by atoms with E-state index < -0.39 is 0 Å². The van der Waals surface area contributed by atoms with E-state index in [0.717, 1.165) is 19.5 Å². The van der Waals surface area contributed by atoms with Gasteiger partial charge < -0.3 is 9.80 Å². The lowest BCUT2D eigenvalue weighted by Gasteiger charge is -2.22. The minimum absolute atomic E-state index is 0.193. The molecule has 1 aliphatic rings. The summed E-state index contributed by atoms with van der Waals surface area (Å²) in [6, 6.07) is 9.44. The standard InChI is InChI=1S/C14H20N4O/c1-17(2)12-8-9-18(10-12)14(15)16-13(19)11-6-4-3-5-7-11/h3-7,12H,8-10H2,1-2H3,(H2,15,16,19). The molecule has 5 heteroatoms. The van der Waals surface area contributed by atoms with Crippen LogP contribution in [0, 0.1) is 5.41 Å². The van der Waals surface area contributed by atoms with Gasteiger partial charge in [0.15, 0.2) is 5.96 Å². The van der Waals surface area contributed by atoms with Crippen molar-refractivity contribution in [3.05, 3.63) is 35.9 Å². The monoisotopic (exact) mass is 260 g/mol. The Morgan fingerprint density at radius 3 is 2.63 bits per heavy atom. The summed E-state index contributed by atoms with van der Waals surface area (Å²) >= 11 is 0. The van der Waals surface area contributed by atoms with Crippen molar-refractivity contribution in [2.75, 3.05) is 27.2 Å². The van der Waals surface area contributed by atoms with Crippen LogP contribution in [0.5, 0.6) is 0 Å². The lowest BCUT2D eigenvalue weighted by molar-refractivity contribution is 0.0972. The summed E-state index contributed by atoms with van der Waals surface area (Å²) in [4.78, 5) is 16.0. The SMILES string of the molecule is CN(C)C1CCN(C(=N)NC(=O)c2ccccc2)C1. The molecule has 2 rings (SSSR count). The zero-order valence-electron chi connectivity index (χ0n) is 11.4. The summed E-state index contributed by atoms with van der Waals surface area (Å²) in [6.45, 7) is 1.61. The van der Waals surface area contributed by atoms with E-state index in [1.807, 2.05) is 37.2 Å². The van der Waals surface area contributed by atoms with Crippen LogP contribution in [0.4, 0.5) is 0 Å². The zero-order valence-corrected chi connectivity index (χ0v) is 11.4. The van der Waals surface area contributed by atoms with Crippen molar-refractivity contribution < 1.29 is 4.79 Å². The highest BCUT2D eigenvalue weighted by Gasteiger charge is 2.26. The van der Waals surface area contributed by atoms with Crippen molar-refractivity contribution >= 4 is 11.9 Å². The first-order valence-electron chi connectivity index (χ1n) is 6.44. The molecule has 1 aromatic rings. The summed E-state index contributed by atoms with van der Waals surface area (Å²) in [5.41, 5.74) is 0.579. The van der Waals surface area contributed by atoms with Crippen LogP contribution in [0.1, 0.15) is 16.8 Å². The lowest BCUT2D eigenvalue weighted by Crippen LogP contribution is -2.43. The number of guanidine groups is 1. The van der Waals surface area contributed by atoms with Crippen molar-refractivity contribution in [3.8, 4) is 0 Å². The Morgan fingerprint density at radius 1 is 1.37 bits per heavy atom. The van der Waals surface area contributed by atoms with Gasteiger partial charge in [-0.15, -0.1) is 0 Å². The van der Waals surface area contributed by atoms with E-state index in [9.17, 15) is 4.79 Å². The van der Waals surface area contributed by atoms with E-state index >= 15 is 0 Å². The van der Waals surface area contributed by atoms with Crippen LogP contribution in [-0.2, 0) is 0 Å². The highest BCUT2D eigenvalue weighted by Crippen LogP contribution is 2.12. The van der Waals surface area contributed by atoms with Gasteiger partial charge in [0.05, 0.1) is 0 Å². The molecular weight excluding hydrogens is 240 g/mol. The van der Waals surface area contributed by atoms with E-state index in [4.69, 9.17) is 5.41 Å². The first-order valence-corrected chi connectivity index (χ1v) is 6.44. The molecule has 0 radical (unpaired) electrons. The van der Waals surface area contributed by atoms with Crippen molar-refractivity contribution in [1.29, 1.82) is 5.41 Å². The van der Waals surface area contributed by atoms with Gasteiger partial charge in [-0.25, -0.2) is 0 Å². The van der Waals surface area contributed by atoms with Crippen LogP contribution in [0.3, 0.4) is 0 Å². The van der Waals surface area contributed by atoms with Gasteiger partial charge in [0.1, 0.15) is 0 Å². The highest BCUT2D eigenvalue weighted by molar-refractivity contribution is 6.04. The van der Waals surface area contributed by atoms with Crippen molar-refractivity contribution in [3.63, 3.8) is 0 Å². The Morgan fingerprint density at radius 2 is 2.05 bits per heavy atom. The van der Waals surface area contributed by atoms with Gasteiger partial charge in [-0.05, 0) is 32.6 Å². The van der Waals surface area contributed by atoms with Crippen LogP contribution < -0.4 is 5.32 Å². The number of likely N-dealkylation sites (N-methyl/N-ethyl adjacent to an activating group) is 1. The number of carbonyl (C=O) groups excluding carboxylic acids is 1. The van der Waals surface area contributed by atoms with E-state index in [1.165, 1.54) is 0 Å². The third-order valence-corrected chi connectivity index (χ3v) is 3.48. The smallest absolute Gasteiger partial charge is 0.257 e. The number of nitrogens with one attached hydrogen (secondary N) is 2. The molecule has 0 bridgehead atoms. The molecular formula is C14H20N4O. The van der Waals surface area contributed by atoms with Crippen LogP contribution in [0.2, 0.25) is 0 Å². The predicted octanol–water partition coefficient (Wildman–Crippen LogP) is 0.987. The molecule has 1 unspecified atom stereocenters. The number of benzene rings is 1. The number of likely N-dealkylation sites (tertiary alicyclic amines) is 1. The molecule has 2 N–H and O–H groups in total. The fraction of sp³-hybridized carbons (Fsp3) is 0.429. The molecule has 1 atom stereocenters. The Hall–Kier alpha value is -1.88. The fourth-order valence-corrected chi connectivity index (χ4v) is 2.21. The highest BCUT2D eigenvalue weighted by atomic mass is 16.1. The molecule has 0 aromatic heterocycles. The number of nitrogens with zero attached hydrogens (tertiary/aromatic N) is 2. The molecule has 1 heterocycles. The molecule has 1 aromatic carbocycles. The Kier molecular flexibility index (Phi) is 4.16. The minimum Gasteiger partial charge on any atom is -0.341 e. The van der Waals surface area contributed by atoms with Crippen LogP contribution in [-0.4, -0.2) is 54.9 Å². The summed E-state index contributed by atoms with van der Waals surface area (Å²) in [5, 5.41) is 10.6. The molecule has 102 valence electrons. The molecule has 0 aliphatic carbocycles. The van der Waals surface area contributed by atoms with Crippen LogP contribution >= 0.6 is 0 Å². The zero-order chi connectivity index (χ0) is 13.8. The average Bonchev–Trinajstić information content (AvgIpc) is 2.89. The quantitative estimate of drug-likeness (QED) is 0.616. The maximum atomic E-state index is 11.9. The van der Waals surface area contributed by atoms with E-state index in [1.54, 1.807) is 12.1 Å². The van der Waals surface area contributed by atoms with Crippen LogP contribution in [0.25, 0.3) is 0 Å². The maximum absolute atomic E-state index is 11.9. The second-order valence-electron chi connectivity index (χ2n) is 5.02. The van der Waals surface area contributed by atoms with Gasteiger partial charge in [0.25, 0.3) is 5.91 Å². The van der Waals surface area contributed by atoms with Gasteiger partial charge in [-0.3, -0.25) is 15.5 Å². The van der Waals surface area contributed by atoms with Gasteiger partial charge in [0.2, 0.25) is 0 Å². The molecule has 1 amide bonds. The second-order valence-corrected chi connectivity index (χ2v) is 5.02. The summed E-state index contributed by atoms with van der Waals surface area (Å²) in [5.74, 6) is -0.0305. The predicted molar refractivity (Wildman–Crippen MR) is 75.3 cm³/mol. The van der Waals surface area contributed by atoms with Crippen LogP contribution in [0.15, 0.2) is 30.3 Å². The van der Waals surface area contributed by atoms with E-state index in [2.05, 4.69) is 10.2 Å². The largest absolute Gasteiger partial charge is 0.341 e. The van der Waals surface area contributed by atoms with E-state index in [0.29, 0.717) is 11.6 Å². The molecule has 1 fully saturated rings. The first-order chi connectivity index (χ1) is 9.08. The summed E-state index contributed by atoms with van der Waals surface area (Å²) < 4.78 is 0. The third-order valence-electron chi connectivity index (χ3n) is 3.48. The number of amides is 1. The molecule has 1 saturated heterocycles. The fourth-order valence-electron chi connectivity index (χ4n) is 2.21. The van der Waals surface area contributed by atoms with E-state index in [-0.39, 0.29) is 11.9 Å². The van der Waals surface area contributed by atoms with Gasteiger partial charge in [-0.1, -0.05) is 18.2 Å². The third kappa shape index (κ3) is 3.32. The van der Waals surface area contributed by atoms with Crippen molar-refractivity contribution in [2.24, 2.45) is 0 Å². The van der Waals surface area contributed by atoms with Gasteiger partial charge >= 0.3 is 0 Å². The lowest BCUT2D eigenvalue weighted by atomic mass is 10.2. The number of hydrogen-bond acceptors (Lipinski definition) is 3. The average molecular weight is 260 g/mol. The normalized spacial score (nSPS) is 18.7. The van der Waals surface area contributed by atoms with Crippen molar-refractivity contribution in [1.82, 2.24) is 15.1 Å². The first kappa shape index (κ1) is 13.5.